The fourth-order valence-electron chi connectivity index (χ4n) is 2.06. The molecule has 0 amide bonds. The van der Waals surface area contributed by atoms with Gasteiger partial charge in [0.25, 0.3) is 0 Å². The number of benzene rings is 1. The van der Waals surface area contributed by atoms with E-state index in [2.05, 4.69) is 22.3 Å². The van der Waals surface area contributed by atoms with Gasteiger partial charge in [-0.25, -0.2) is 4.98 Å². The van der Waals surface area contributed by atoms with Crippen molar-refractivity contribution in [2.45, 2.75) is 13.5 Å². The first-order chi connectivity index (χ1) is 9.74. The molecule has 0 bridgehead atoms. The maximum atomic E-state index is 5.31. The zero-order valence-electron chi connectivity index (χ0n) is 11.5. The summed E-state index contributed by atoms with van der Waals surface area (Å²) in [5, 5.41) is 7.64. The number of aromatic nitrogens is 3. The van der Waals surface area contributed by atoms with Gasteiger partial charge in [0.1, 0.15) is 0 Å². The number of nitrogens with one attached hydrogen (secondary N) is 1. The lowest BCUT2D eigenvalue weighted by atomic mass is 10.1. The summed E-state index contributed by atoms with van der Waals surface area (Å²) in [6, 6.07) is 8.08. The van der Waals surface area contributed by atoms with Crippen LogP contribution in [0.25, 0.3) is 11.3 Å². The van der Waals surface area contributed by atoms with Crippen LogP contribution in [0.1, 0.15) is 11.3 Å². The SMILES string of the molecule is Cc1c(CNc2cccc(-c3cnco3)c2)cnn1C. The lowest BCUT2D eigenvalue weighted by Crippen LogP contribution is -2.01. The molecule has 0 saturated carbocycles. The van der Waals surface area contributed by atoms with Crippen LogP contribution in [-0.2, 0) is 13.6 Å². The average Bonchev–Trinajstić information content (AvgIpc) is 3.10. The van der Waals surface area contributed by atoms with Crippen molar-refractivity contribution in [2.75, 3.05) is 5.32 Å². The fourth-order valence-corrected chi connectivity index (χ4v) is 2.06. The first-order valence-corrected chi connectivity index (χ1v) is 6.44. The molecule has 2 heterocycles. The molecule has 0 aliphatic carbocycles. The van der Waals surface area contributed by atoms with E-state index in [1.807, 2.05) is 42.2 Å². The van der Waals surface area contributed by atoms with Crippen LogP contribution in [0.4, 0.5) is 5.69 Å². The van der Waals surface area contributed by atoms with Crippen LogP contribution in [0.15, 0.2) is 47.5 Å². The predicted molar refractivity (Wildman–Crippen MR) is 77.2 cm³/mol. The normalized spacial score (nSPS) is 10.7. The van der Waals surface area contributed by atoms with Crippen molar-refractivity contribution in [3.8, 4) is 11.3 Å². The minimum absolute atomic E-state index is 0.750. The highest BCUT2D eigenvalue weighted by molar-refractivity contribution is 5.63. The second-order valence-electron chi connectivity index (χ2n) is 4.68. The number of nitrogens with zero attached hydrogens (tertiary/aromatic N) is 3. The highest BCUT2D eigenvalue weighted by atomic mass is 16.3. The molecule has 5 nitrogen and oxygen atoms in total. The number of hydrogen-bond donors (Lipinski definition) is 1. The van der Waals surface area contributed by atoms with Crippen molar-refractivity contribution in [3.05, 3.63) is 54.3 Å². The number of rotatable bonds is 4. The summed E-state index contributed by atoms with van der Waals surface area (Å²) >= 11 is 0. The molecule has 0 fully saturated rings. The Balaban J connectivity index is 1.75. The molecule has 5 heteroatoms. The summed E-state index contributed by atoms with van der Waals surface area (Å²) in [7, 11) is 1.95. The second kappa shape index (κ2) is 5.21. The van der Waals surface area contributed by atoms with E-state index in [1.165, 1.54) is 17.7 Å². The first-order valence-electron chi connectivity index (χ1n) is 6.44. The van der Waals surface area contributed by atoms with Gasteiger partial charge in [-0.2, -0.15) is 5.10 Å². The molecular weight excluding hydrogens is 252 g/mol. The van der Waals surface area contributed by atoms with Gasteiger partial charge >= 0.3 is 0 Å². The van der Waals surface area contributed by atoms with E-state index in [9.17, 15) is 0 Å². The monoisotopic (exact) mass is 268 g/mol. The first kappa shape index (κ1) is 12.5. The predicted octanol–water partition coefficient (Wildman–Crippen LogP) is 3.00. The van der Waals surface area contributed by atoms with E-state index in [-0.39, 0.29) is 0 Å². The molecule has 0 aliphatic heterocycles. The molecule has 3 aromatic rings. The minimum atomic E-state index is 0.750. The Morgan fingerprint density at radius 2 is 2.20 bits per heavy atom. The van der Waals surface area contributed by atoms with Crippen LogP contribution in [0, 0.1) is 6.92 Å². The highest BCUT2D eigenvalue weighted by Gasteiger charge is 2.05. The molecular formula is C15H16N4O. The third-order valence-electron chi connectivity index (χ3n) is 3.40. The molecule has 1 N–H and O–H groups in total. The fraction of sp³-hybridized carbons (Fsp3) is 0.200. The Kier molecular flexibility index (Phi) is 3.25. The molecule has 2 aromatic heterocycles. The van der Waals surface area contributed by atoms with Gasteiger partial charge in [-0.3, -0.25) is 4.68 Å². The van der Waals surface area contributed by atoms with Crippen molar-refractivity contribution >= 4 is 5.69 Å². The minimum Gasteiger partial charge on any atom is -0.444 e. The van der Waals surface area contributed by atoms with Crippen LogP contribution in [0.5, 0.6) is 0 Å². The van der Waals surface area contributed by atoms with Crippen LogP contribution in [0.3, 0.4) is 0 Å². The Labute approximate surface area is 117 Å². The van der Waals surface area contributed by atoms with Crippen molar-refractivity contribution < 1.29 is 4.42 Å². The average molecular weight is 268 g/mol. The second-order valence-corrected chi connectivity index (χ2v) is 4.68. The van der Waals surface area contributed by atoms with Crippen LogP contribution in [-0.4, -0.2) is 14.8 Å². The standard InChI is InChI=1S/C15H16N4O/c1-11-13(8-18-19(11)2)7-17-14-5-3-4-12(6-14)15-9-16-10-20-15/h3-6,8-10,17H,7H2,1-2H3. The Morgan fingerprint density at radius 3 is 2.90 bits per heavy atom. The van der Waals surface area contributed by atoms with Gasteiger partial charge in [0.15, 0.2) is 12.2 Å². The van der Waals surface area contributed by atoms with Crippen molar-refractivity contribution in [2.24, 2.45) is 7.05 Å². The molecule has 102 valence electrons. The summed E-state index contributed by atoms with van der Waals surface area (Å²) < 4.78 is 7.18. The lowest BCUT2D eigenvalue weighted by molar-refractivity contribution is 0.572. The molecule has 20 heavy (non-hydrogen) atoms. The third-order valence-corrected chi connectivity index (χ3v) is 3.40. The van der Waals surface area contributed by atoms with Crippen LogP contribution < -0.4 is 5.32 Å². The van der Waals surface area contributed by atoms with E-state index >= 15 is 0 Å². The van der Waals surface area contributed by atoms with Crippen molar-refractivity contribution in [3.63, 3.8) is 0 Å². The van der Waals surface area contributed by atoms with Gasteiger partial charge in [-0.1, -0.05) is 12.1 Å². The van der Waals surface area contributed by atoms with E-state index in [0.717, 1.165) is 23.6 Å². The molecule has 3 rings (SSSR count). The summed E-state index contributed by atoms with van der Waals surface area (Å²) in [6.45, 7) is 2.81. The van der Waals surface area contributed by atoms with E-state index in [0.29, 0.717) is 0 Å². The number of aryl methyl sites for hydroxylation is 1. The van der Waals surface area contributed by atoms with Crippen LogP contribution in [0.2, 0.25) is 0 Å². The molecule has 0 aliphatic rings. The van der Waals surface area contributed by atoms with Gasteiger partial charge in [-0.15, -0.1) is 0 Å². The topological polar surface area (TPSA) is 55.9 Å². The highest BCUT2D eigenvalue weighted by Crippen LogP contribution is 2.22. The summed E-state index contributed by atoms with van der Waals surface area (Å²) in [4.78, 5) is 3.94. The number of oxazole rings is 1. The van der Waals surface area contributed by atoms with Gasteiger partial charge in [0, 0.05) is 36.1 Å². The van der Waals surface area contributed by atoms with E-state index in [1.54, 1.807) is 6.20 Å². The molecule has 0 radical (unpaired) electrons. The smallest absolute Gasteiger partial charge is 0.181 e. The van der Waals surface area contributed by atoms with E-state index in [4.69, 9.17) is 4.42 Å². The van der Waals surface area contributed by atoms with E-state index < -0.39 is 0 Å². The Hall–Kier alpha value is -2.56. The molecule has 0 saturated heterocycles. The zero-order valence-corrected chi connectivity index (χ0v) is 11.5. The summed E-state index contributed by atoms with van der Waals surface area (Å²) in [5.74, 6) is 0.770. The maximum Gasteiger partial charge on any atom is 0.181 e. The maximum absolute atomic E-state index is 5.31. The Bertz CT molecular complexity index is 700. The van der Waals surface area contributed by atoms with Gasteiger partial charge in [0.05, 0.1) is 12.4 Å². The largest absolute Gasteiger partial charge is 0.444 e. The molecule has 0 atom stereocenters. The third kappa shape index (κ3) is 2.42. The van der Waals surface area contributed by atoms with Gasteiger partial charge in [-0.05, 0) is 19.1 Å². The number of anilines is 1. The van der Waals surface area contributed by atoms with Crippen molar-refractivity contribution in [1.29, 1.82) is 0 Å². The number of hydrogen-bond acceptors (Lipinski definition) is 4. The van der Waals surface area contributed by atoms with Crippen molar-refractivity contribution in [1.82, 2.24) is 14.8 Å². The molecule has 0 unspecified atom stereocenters. The van der Waals surface area contributed by atoms with Gasteiger partial charge in [0.2, 0.25) is 0 Å². The summed E-state index contributed by atoms with van der Waals surface area (Å²) in [5.41, 5.74) is 4.42. The Morgan fingerprint density at radius 1 is 1.30 bits per heavy atom. The molecule has 0 spiro atoms. The molecule has 1 aromatic carbocycles. The van der Waals surface area contributed by atoms with Crippen LogP contribution >= 0.6 is 0 Å². The lowest BCUT2D eigenvalue weighted by Gasteiger charge is -2.07. The zero-order chi connectivity index (χ0) is 13.9. The summed E-state index contributed by atoms with van der Waals surface area (Å²) in [6.07, 6.45) is 5.04. The quantitative estimate of drug-likeness (QED) is 0.790. The van der Waals surface area contributed by atoms with Gasteiger partial charge < -0.3 is 9.73 Å².